The molecule has 2 rings (SSSR count). The Morgan fingerprint density at radius 3 is 1.95 bits per heavy atom. The summed E-state index contributed by atoms with van der Waals surface area (Å²) in [5.74, 6) is -1.77. The average molecular weight is 584 g/mol. The topological polar surface area (TPSA) is 197 Å². The molecule has 42 heavy (non-hydrogen) atoms. The van der Waals surface area contributed by atoms with Gasteiger partial charge in [0.25, 0.3) is 5.91 Å². The van der Waals surface area contributed by atoms with Crippen LogP contribution in [0.5, 0.6) is 0 Å². The summed E-state index contributed by atoms with van der Waals surface area (Å²) < 4.78 is 0. The lowest BCUT2D eigenvalue weighted by atomic mass is 9.99. The second kappa shape index (κ2) is 17.2. The number of benzene rings is 2. The summed E-state index contributed by atoms with van der Waals surface area (Å²) in [5, 5.41) is 16.3. The first-order valence-corrected chi connectivity index (χ1v) is 14.1. The third-order valence-electron chi connectivity index (χ3n) is 6.86. The van der Waals surface area contributed by atoms with Gasteiger partial charge in [0.05, 0.1) is 6.04 Å². The van der Waals surface area contributed by atoms with E-state index < -0.39 is 30.0 Å². The highest BCUT2D eigenvalue weighted by molar-refractivity contribution is 5.94. The van der Waals surface area contributed by atoms with E-state index in [1.54, 1.807) is 43.4 Å². The predicted octanol–water partition coefficient (Wildman–Crippen LogP) is -0.436. The van der Waals surface area contributed by atoms with E-state index in [0.29, 0.717) is 24.2 Å². The maximum atomic E-state index is 13.2. The predicted molar refractivity (Wildman–Crippen MR) is 161 cm³/mol. The highest BCUT2D eigenvalue weighted by Crippen LogP contribution is 2.18. The lowest BCUT2D eigenvalue weighted by Gasteiger charge is -2.26. The summed E-state index contributed by atoms with van der Waals surface area (Å²) in [6, 6.07) is 11.6. The number of carbonyl (C=O) groups is 4. The van der Waals surface area contributed by atoms with Gasteiger partial charge in [-0.05, 0) is 38.0 Å². The van der Waals surface area contributed by atoms with E-state index in [-0.39, 0.29) is 50.8 Å². The normalized spacial score (nSPS) is 13.0. The maximum absolute atomic E-state index is 13.2. The number of aryl methyl sites for hydroxylation is 2. The van der Waals surface area contributed by atoms with Gasteiger partial charge in [-0.15, -0.1) is 0 Å². The smallest absolute Gasteiger partial charge is 0.253 e. The SMILES string of the molecule is Cc1ccc(C(=O)N(C)CCNC(=O)[C@@H](NC(=O)[C@@H](N)CCC(=O)N(CCN)CCN)[C@H](O)c2ccc(C)cc2)cc1. The largest absolute Gasteiger partial charge is 0.386 e. The molecule has 0 spiro atoms. The Kier molecular flexibility index (Phi) is 14.1. The van der Waals surface area contributed by atoms with Crippen LogP contribution in [0.2, 0.25) is 0 Å². The molecule has 0 aliphatic heterocycles. The van der Waals surface area contributed by atoms with Crippen LogP contribution in [0.25, 0.3) is 0 Å². The molecule has 12 heteroatoms. The number of hydrogen-bond donors (Lipinski definition) is 6. The highest BCUT2D eigenvalue weighted by atomic mass is 16.3. The number of nitrogens with two attached hydrogens (primary N) is 3. The van der Waals surface area contributed by atoms with Gasteiger partial charge in [0, 0.05) is 58.3 Å². The molecule has 9 N–H and O–H groups in total. The summed E-state index contributed by atoms with van der Waals surface area (Å²) >= 11 is 0. The molecule has 0 heterocycles. The van der Waals surface area contributed by atoms with Gasteiger partial charge in [-0.3, -0.25) is 19.2 Å². The molecule has 0 aromatic heterocycles. The van der Waals surface area contributed by atoms with Gasteiger partial charge in [0.1, 0.15) is 12.1 Å². The van der Waals surface area contributed by atoms with E-state index >= 15 is 0 Å². The molecule has 0 unspecified atom stereocenters. The summed E-state index contributed by atoms with van der Waals surface area (Å²) in [5.41, 5.74) is 20.1. The second-order valence-electron chi connectivity index (χ2n) is 10.3. The Bertz CT molecular complexity index is 1170. The molecular formula is C30H45N7O5. The van der Waals surface area contributed by atoms with Crippen molar-refractivity contribution < 1.29 is 24.3 Å². The van der Waals surface area contributed by atoms with Crippen LogP contribution in [0.1, 0.15) is 46.0 Å². The third kappa shape index (κ3) is 10.5. The first-order chi connectivity index (χ1) is 20.0. The molecule has 0 saturated carbocycles. The van der Waals surface area contributed by atoms with Gasteiger partial charge >= 0.3 is 0 Å². The Hall–Kier alpha value is -3.84. The summed E-state index contributed by atoms with van der Waals surface area (Å²) in [4.78, 5) is 54.4. The molecular weight excluding hydrogens is 538 g/mol. The van der Waals surface area contributed by atoms with Crippen molar-refractivity contribution in [3.05, 3.63) is 70.8 Å². The van der Waals surface area contributed by atoms with Crippen molar-refractivity contribution >= 4 is 23.6 Å². The van der Waals surface area contributed by atoms with E-state index in [2.05, 4.69) is 10.6 Å². The highest BCUT2D eigenvalue weighted by Gasteiger charge is 2.31. The number of rotatable bonds is 16. The first kappa shape index (κ1) is 34.4. The lowest BCUT2D eigenvalue weighted by molar-refractivity contribution is -0.133. The summed E-state index contributed by atoms with van der Waals surface area (Å²) in [7, 11) is 1.62. The number of nitrogens with zero attached hydrogens (tertiary/aromatic N) is 2. The summed E-state index contributed by atoms with van der Waals surface area (Å²) in [6.45, 7) is 5.34. The second-order valence-corrected chi connectivity index (χ2v) is 10.3. The van der Waals surface area contributed by atoms with Crippen molar-refractivity contribution in [1.29, 1.82) is 0 Å². The molecule has 0 aliphatic rings. The molecule has 12 nitrogen and oxygen atoms in total. The molecule has 0 bridgehead atoms. The number of aliphatic hydroxyl groups is 1. The molecule has 3 atom stereocenters. The lowest BCUT2D eigenvalue weighted by Crippen LogP contribution is -2.54. The minimum Gasteiger partial charge on any atom is -0.386 e. The van der Waals surface area contributed by atoms with Gasteiger partial charge in [0.2, 0.25) is 17.7 Å². The zero-order valence-electron chi connectivity index (χ0n) is 24.7. The maximum Gasteiger partial charge on any atom is 0.253 e. The monoisotopic (exact) mass is 583 g/mol. The summed E-state index contributed by atoms with van der Waals surface area (Å²) in [6.07, 6.45) is -1.36. The number of nitrogens with one attached hydrogen (secondary N) is 2. The van der Waals surface area contributed by atoms with Crippen LogP contribution < -0.4 is 27.8 Å². The Morgan fingerprint density at radius 2 is 1.40 bits per heavy atom. The fourth-order valence-corrected chi connectivity index (χ4v) is 4.22. The van der Waals surface area contributed by atoms with Crippen LogP contribution in [0.15, 0.2) is 48.5 Å². The number of aliphatic hydroxyl groups excluding tert-OH is 1. The molecule has 4 amide bonds. The van der Waals surface area contributed by atoms with Gasteiger partial charge < -0.3 is 42.7 Å². The van der Waals surface area contributed by atoms with E-state index in [1.165, 1.54) is 9.80 Å². The minimum absolute atomic E-state index is 0.00664. The molecule has 0 aliphatic carbocycles. The molecule has 2 aromatic rings. The van der Waals surface area contributed by atoms with E-state index in [4.69, 9.17) is 17.2 Å². The fraction of sp³-hybridized carbons (Fsp3) is 0.467. The molecule has 2 aromatic carbocycles. The fourth-order valence-electron chi connectivity index (χ4n) is 4.22. The van der Waals surface area contributed by atoms with Gasteiger partial charge in [-0.1, -0.05) is 47.5 Å². The van der Waals surface area contributed by atoms with Crippen molar-refractivity contribution in [2.75, 3.05) is 46.3 Å². The van der Waals surface area contributed by atoms with Crippen LogP contribution in [-0.2, 0) is 14.4 Å². The number of amides is 4. The average Bonchev–Trinajstić information content (AvgIpc) is 2.98. The van der Waals surface area contributed by atoms with E-state index in [9.17, 15) is 24.3 Å². The van der Waals surface area contributed by atoms with Crippen LogP contribution >= 0.6 is 0 Å². The van der Waals surface area contributed by atoms with Crippen molar-refractivity contribution in [2.24, 2.45) is 17.2 Å². The molecule has 0 radical (unpaired) electrons. The van der Waals surface area contributed by atoms with Gasteiger partial charge in [-0.25, -0.2) is 0 Å². The van der Waals surface area contributed by atoms with E-state index in [0.717, 1.165) is 11.1 Å². The van der Waals surface area contributed by atoms with Crippen molar-refractivity contribution in [2.45, 2.75) is 44.9 Å². The van der Waals surface area contributed by atoms with Crippen LogP contribution in [0.4, 0.5) is 0 Å². The van der Waals surface area contributed by atoms with Crippen molar-refractivity contribution in [3.63, 3.8) is 0 Å². The van der Waals surface area contributed by atoms with Crippen LogP contribution in [0.3, 0.4) is 0 Å². The minimum atomic E-state index is -1.38. The molecule has 0 fully saturated rings. The Labute approximate surface area is 247 Å². The molecule has 0 saturated heterocycles. The number of carbonyl (C=O) groups excluding carboxylic acids is 4. The van der Waals surface area contributed by atoms with Crippen LogP contribution in [-0.4, -0.2) is 96.9 Å². The zero-order chi connectivity index (χ0) is 31.2. The standard InChI is InChI=1S/C30H45N7O5/c1-20-4-8-22(9-5-20)27(39)26(35-28(40)24(33)12-13-25(38)37(17-14-31)18-15-32)29(41)34-16-19-36(3)30(42)23-10-6-21(2)7-11-23/h4-11,24,26-27,39H,12-19,31-33H2,1-3H3,(H,34,41)(H,35,40)/t24-,26-,27+/m0/s1. The Balaban J connectivity index is 2.05. The van der Waals surface area contributed by atoms with E-state index in [1.807, 2.05) is 26.0 Å². The number of hydrogen-bond acceptors (Lipinski definition) is 8. The zero-order valence-corrected chi connectivity index (χ0v) is 24.7. The van der Waals surface area contributed by atoms with Gasteiger partial charge in [0.15, 0.2) is 0 Å². The van der Waals surface area contributed by atoms with Crippen molar-refractivity contribution in [1.82, 2.24) is 20.4 Å². The Morgan fingerprint density at radius 1 is 0.857 bits per heavy atom. The van der Waals surface area contributed by atoms with Crippen molar-refractivity contribution in [3.8, 4) is 0 Å². The van der Waals surface area contributed by atoms with Gasteiger partial charge in [-0.2, -0.15) is 0 Å². The first-order valence-electron chi connectivity index (χ1n) is 14.1. The molecule has 230 valence electrons. The number of likely N-dealkylation sites (N-methyl/N-ethyl adjacent to an activating group) is 1. The van der Waals surface area contributed by atoms with Crippen LogP contribution in [0, 0.1) is 13.8 Å². The quantitative estimate of drug-likeness (QED) is 0.153. The third-order valence-corrected chi connectivity index (χ3v) is 6.86.